The van der Waals surface area contributed by atoms with E-state index in [9.17, 15) is 19.5 Å². The lowest BCUT2D eigenvalue weighted by molar-refractivity contribution is -0.136. The summed E-state index contributed by atoms with van der Waals surface area (Å²) in [6, 6.07) is 6.08. The number of ether oxygens (including phenoxy) is 1. The van der Waals surface area contributed by atoms with Crippen molar-refractivity contribution in [2.24, 2.45) is 10.4 Å². The minimum absolute atomic E-state index is 0. The molecule has 0 radical (unpaired) electrons. The van der Waals surface area contributed by atoms with Crippen LogP contribution >= 0.6 is 23.7 Å². The van der Waals surface area contributed by atoms with Gasteiger partial charge in [0.15, 0.2) is 5.54 Å². The Morgan fingerprint density at radius 1 is 1.20 bits per heavy atom. The van der Waals surface area contributed by atoms with E-state index >= 15 is 0 Å². The first-order valence-electron chi connectivity index (χ1n) is 13.4. The Morgan fingerprint density at radius 2 is 1.83 bits per heavy atom. The van der Waals surface area contributed by atoms with Gasteiger partial charge in [0.25, 0.3) is 5.91 Å². The summed E-state index contributed by atoms with van der Waals surface area (Å²) in [6.07, 6.45) is -1.29. The Morgan fingerprint density at radius 3 is 2.37 bits per heavy atom. The number of hydrogen-bond donors (Lipinski definition) is 3. The average Bonchev–Trinajstić information content (AvgIpc) is 3.53. The summed E-state index contributed by atoms with van der Waals surface area (Å²) in [6.45, 7) is 14.5. The van der Waals surface area contributed by atoms with Gasteiger partial charge in [-0.2, -0.15) is 0 Å². The van der Waals surface area contributed by atoms with E-state index in [1.807, 2.05) is 52.0 Å². The van der Waals surface area contributed by atoms with Crippen LogP contribution in [0.4, 0.5) is 4.79 Å². The molecule has 10 nitrogen and oxygen atoms in total. The predicted molar refractivity (Wildman–Crippen MR) is 161 cm³/mol. The zero-order valence-corrected chi connectivity index (χ0v) is 26.4. The molecule has 4 rings (SSSR count). The SMILES string of the molecule is Cc1ncsc1-c1ccc([C@]2(C)N=C(C3C[C@@H](O)CN3C(=O)[C@@H](NC(=O)OC(C)(C)C)C(C)(C)C)NC2=O)cc1.Cl. The van der Waals surface area contributed by atoms with Gasteiger partial charge in [-0.25, -0.2) is 14.8 Å². The third-order valence-electron chi connectivity index (χ3n) is 7.13. The van der Waals surface area contributed by atoms with E-state index in [1.54, 1.807) is 44.5 Å². The van der Waals surface area contributed by atoms with Crippen LogP contribution in [-0.4, -0.2) is 69.1 Å². The molecule has 41 heavy (non-hydrogen) atoms. The Kier molecular flexibility index (Phi) is 9.27. The van der Waals surface area contributed by atoms with Crippen molar-refractivity contribution in [3.63, 3.8) is 0 Å². The van der Waals surface area contributed by atoms with Crippen LogP contribution in [-0.2, 0) is 19.9 Å². The number of alkyl carbamates (subject to hydrolysis) is 1. The summed E-state index contributed by atoms with van der Waals surface area (Å²) in [5, 5.41) is 16.2. The fourth-order valence-electron chi connectivity index (χ4n) is 4.99. The molecule has 3 N–H and O–H groups in total. The maximum atomic E-state index is 13.9. The molecule has 1 fully saturated rings. The molecule has 224 valence electrons. The molecule has 4 atom stereocenters. The molecular formula is C29H40ClN5O5S. The number of aliphatic imine (C=N–C) groups is 1. The number of aliphatic hydroxyl groups excluding tert-OH is 1. The molecule has 2 aliphatic heterocycles. The normalized spacial score (nSPS) is 23.4. The number of aliphatic hydroxyl groups is 1. The van der Waals surface area contributed by atoms with E-state index < -0.39 is 40.8 Å². The fourth-order valence-corrected chi connectivity index (χ4v) is 5.80. The number of hydrogen-bond acceptors (Lipinski definition) is 8. The maximum absolute atomic E-state index is 13.9. The van der Waals surface area contributed by atoms with Crippen molar-refractivity contribution in [3.8, 4) is 10.4 Å². The number of nitrogens with zero attached hydrogens (tertiary/aromatic N) is 3. The summed E-state index contributed by atoms with van der Waals surface area (Å²) in [4.78, 5) is 51.4. The number of rotatable bonds is 5. The smallest absolute Gasteiger partial charge is 0.408 e. The van der Waals surface area contributed by atoms with Gasteiger partial charge in [-0.3, -0.25) is 9.59 Å². The summed E-state index contributed by atoms with van der Waals surface area (Å²) < 4.78 is 5.40. The first-order chi connectivity index (χ1) is 18.5. The number of amidine groups is 1. The Bertz CT molecular complexity index is 1330. The van der Waals surface area contributed by atoms with E-state index in [1.165, 1.54) is 4.90 Å². The minimum Gasteiger partial charge on any atom is -0.444 e. The molecule has 1 aromatic carbocycles. The lowest BCUT2D eigenvalue weighted by atomic mass is 9.85. The molecule has 3 heterocycles. The third kappa shape index (κ3) is 6.90. The molecule has 1 saturated heterocycles. The average molecular weight is 606 g/mol. The van der Waals surface area contributed by atoms with E-state index in [0.29, 0.717) is 11.4 Å². The van der Waals surface area contributed by atoms with Crippen LogP contribution in [0.15, 0.2) is 34.8 Å². The molecule has 3 amide bonds. The highest BCUT2D eigenvalue weighted by molar-refractivity contribution is 7.13. The molecule has 12 heteroatoms. The largest absolute Gasteiger partial charge is 0.444 e. The first kappa shape index (κ1) is 32.5. The Labute approximate surface area is 251 Å². The zero-order chi connectivity index (χ0) is 29.6. The van der Waals surface area contributed by atoms with Crippen molar-refractivity contribution in [2.75, 3.05) is 6.54 Å². The number of aromatic nitrogens is 1. The first-order valence-corrected chi connectivity index (χ1v) is 14.3. The van der Waals surface area contributed by atoms with E-state index in [0.717, 1.165) is 16.1 Å². The standard InChI is InChI=1S/C29H39N5O5S.ClH/c1-16-21(40-15-30-16)17-9-11-18(12-10-17)29(8)25(37)32-23(33-29)20-13-19(35)14-34(20)24(36)22(27(2,3)4)31-26(38)39-28(5,6)7;/h9-12,15,19-20,22,35H,13-14H2,1-8H3,(H,31,38)(H,32,33,37);1H/t19-,20?,22-,29+;/m1./s1. The van der Waals surface area contributed by atoms with Crippen LogP contribution in [0.25, 0.3) is 10.4 Å². The monoisotopic (exact) mass is 605 g/mol. The van der Waals surface area contributed by atoms with Crippen molar-refractivity contribution >= 4 is 47.5 Å². The summed E-state index contributed by atoms with van der Waals surface area (Å²) in [5.41, 5.74) is 1.89. The quantitative estimate of drug-likeness (QED) is 0.468. The summed E-state index contributed by atoms with van der Waals surface area (Å²) in [7, 11) is 0. The van der Waals surface area contributed by atoms with Crippen LogP contribution < -0.4 is 10.6 Å². The molecule has 0 saturated carbocycles. The fraction of sp³-hybridized carbons (Fsp3) is 0.552. The molecule has 2 aliphatic rings. The number of carbonyl (C=O) groups excluding carboxylic acids is 3. The minimum atomic E-state index is -1.20. The van der Waals surface area contributed by atoms with Gasteiger partial charge in [0.1, 0.15) is 17.5 Å². The van der Waals surface area contributed by atoms with Gasteiger partial charge < -0.3 is 25.4 Å². The molecule has 1 unspecified atom stereocenters. The van der Waals surface area contributed by atoms with Gasteiger partial charge in [-0.1, -0.05) is 45.0 Å². The topological polar surface area (TPSA) is 133 Å². The second-order valence-corrected chi connectivity index (χ2v) is 13.6. The number of aryl methyl sites for hydroxylation is 1. The van der Waals surface area contributed by atoms with Gasteiger partial charge >= 0.3 is 6.09 Å². The highest BCUT2D eigenvalue weighted by atomic mass is 35.5. The molecule has 0 aliphatic carbocycles. The van der Waals surface area contributed by atoms with Gasteiger partial charge in [0.05, 0.1) is 28.2 Å². The molecular weight excluding hydrogens is 566 g/mol. The van der Waals surface area contributed by atoms with Crippen molar-refractivity contribution in [1.29, 1.82) is 0 Å². The zero-order valence-electron chi connectivity index (χ0n) is 24.8. The van der Waals surface area contributed by atoms with Crippen molar-refractivity contribution in [3.05, 3.63) is 41.0 Å². The second-order valence-electron chi connectivity index (χ2n) is 12.7. The number of carbonyl (C=O) groups is 3. The van der Waals surface area contributed by atoms with Gasteiger partial charge in [0, 0.05) is 13.0 Å². The lowest BCUT2D eigenvalue weighted by Crippen LogP contribution is -2.58. The van der Waals surface area contributed by atoms with Gasteiger partial charge in [-0.15, -0.1) is 23.7 Å². The number of nitrogens with one attached hydrogen (secondary N) is 2. The third-order valence-corrected chi connectivity index (χ3v) is 8.11. The maximum Gasteiger partial charge on any atom is 0.408 e. The van der Waals surface area contributed by atoms with E-state index in [4.69, 9.17) is 9.73 Å². The van der Waals surface area contributed by atoms with E-state index in [2.05, 4.69) is 15.6 Å². The van der Waals surface area contributed by atoms with Crippen molar-refractivity contribution in [1.82, 2.24) is 20.5 Å². The lowest BCUT2D eigenvalue weighted by Gasteiger charge is -2.36. The van der Waals surface area contributed by atoms with Crippen LogP contribution in [0.3, 0.4) is 0 Å². The number of thiazole rings is 1. The molecule has 1 aromatic heterocycles. The van der Waals surface area contributed by atoms with Crippen LogP contribution in [0, 0.1) is 12.3 Å². The predicted octanol–water partition coefficient (Wildman–Crippen LogP) is 4.19. The number of halogens is 1. The number of benzene rings is 1. The van der Waals surface area contributed by atoms with Crippen LogP contribution in [0.1, 0.15) is 66.1 Å². The number of amides is 3. The molecule has 0 bridgehead atoms. The summed E-state index contributed by atoms with van der Waals surface area (Å²) >= 11 is 1.56. The Balaban J connectivity index is 0.00000462. The number of β-amino-alcohol motifs (C(OH)–C–C–N with tert-alkyl or cyclic N) is 1. The highest BCUT2D eigenvalue weighted by Crippen LogP contribution is 2.35. The summed E-state index contributed by atoms with van der Waals surface area (Å²) in [5.74, 6) is -0.364. The van der Waals surface area contributed by atoms with Gasteiger partial charge in [0.2, 0.25) is 5.91 Å². The van der Waals surface area contributed by atoms with Crippen molar-refractivity contribution in [2.45, 2.75) is 91.1 Å². The van der Waals surface area contributed by atoms with Crippen LogP contribution in [0.5, 0.6) is 0 Å². The second kappa shape index (κ2) is 11.7. The van der Waals surface area contributed by atoms with Crippen LogP contribution in [0.2, 0.25) is 0 Å². The van der Waals surface area contributed by atoms with Crippen molar-refractivity contribution < 1.29 is 24.2 Å². The number of likely N-dealkylation sites (tertiary alicyclic amines) is 1. The molecule has 0 spiro atoms. The van der Waals surface area contributed by atoms with Gasteiger partial charge in [-0.05, 0) is 51.2 Å². The highest BCUT2D eigenvalue weighted by Gasteiger charge is 2.49. The Hall–Kier alpha value is -3.02. The van der Waals surface area contributed by atoms with E-state index in [-0.39, 0.29) is 37.2 Å². The molecule has 2 aromatic rings.